The molecule has 1 aromatic carbocycles. The summed E-state index contributed by atoms with van der Waals surface area (Å²) in [6.07, 6.45) is 4.46. The van der Waals surface area contributed by atoms with Crippen LogP contribution in [0.25, 0.3) is 0 Å². The maximum Gasteiger partial charge on any atom is 0.251 e. The number of hydrogen-bond donors (Lipinski definition) is 1. The standard InChI is InChI=1S/C19H30N2O3S/c1-5-21(6-2)25(23,24)18-13-16(12-11-15(18)4)19(22)20-17-10-8-7-9-14(17)3/h11-14,17H,5-10H2,1-4H3,(H,20,22)/t14-,17+/m1/s1. The molecule has 0 aliphatic heterocycles. The van der Waals surface area contributed by atoms with Gasteiger partial charge in [0.25, 0.3) is 5.91 Å². The number of carbonyl (C=O) groups is 1. The highest BCUT2D eigenvalue weighted by molar-refractivity contribution is 7.89. The van der Waals surface area contributed by atoms with Crippen LogP contribution < -0.4 is 5.32 Å². The highest BCUT2D eigenvalue weighted by Gasteiger charge is 2.26. The van der Waals surface area contributed by atoms with Crippen LogP contribution >= 0.6 is 0 Å². The topological polar surface area (TPSA) is 66.5 Å². The molecule has 25 heavy (non-hydrogen) atoms. The summed E-state index contributed by atoms with van der Waals surface area (Å²) in [6.45, 7) is 8.38. The molecule has 1 aliphatic rings. The monoisotopic (exact) mass is 366 g/mol. The zero-order valence-electron chi connectivity index (χ0n) is 15.7. The molecule has 1 fully saturated rings. The second-order valence-corrected chi connectivity index (χ2v) is 8.82. The van der Waals surface area contributed by atoms with E-state index in [9.17, 15) is 13.2 Å². The molecule has 140 valence electrons. The first-order valence-electron chi connectivity index (χ1n) is 9.22. The van der Waals surface area contributed by atoms with Gasteiger partial charge in [-0.3, -0.25) is 4.79 Å². The van der Waals surface area contributed by atoms with Crippen molar-refractivity contribution in [1.82, 2.24) is 9.62 Å². The highest BCUT2D eigenvalue weighted by atomic mass is 32.2. The maximum atomic E-state index is 12.8. The Balaban J connectivity index is 2.27. The summed E-state index contributed by atoms with van der Waals surface area (Å²) in [4.78, 5) is 12.9. The van der Waals surface area contributed by atoms with Gasteiger partial charge in [0, 0.05) is 24.7 Å². The van der Waals surface area contributed by atoms with Crippen LogP contribution in [0.4, 0.5) is 0 Å². The second kappa shape index (κ2) is 8.32. The van der Waals surface area contributed by atoms with Crippen molar-refractivity contribution in [2.24, 2.45) is 5.92 Å². The van der Waals surface area contributed by atoms with Gasteiger partial charge in [0.15, 0.2) is 0 Å². The molecular formula is C19H30N2O3S. The minimum atomic E-state index is -3.58. The van der Waals surface area contributed by atoms with Crippen molar-refractivity contribution in [2.75, 3.05) is 13.1 Å². The molecule has 0 bridgehead atoms. The number of sulfonamides is 1. The van der Waals surface area contributed by atoms with Gasteiger partial charge in [0.1, 0.15) is 0 Å². The first kappa shape index (κ1) is 19.9. The Kier molecular flexibility index (Phi) is 6.63. The summed E-state index contributed by atoms with van der Waals surface area (Å²) in [7, 11) is -3.58. The molecule has 0 heterocycles. The summed E-state index contributed by atoms with van der Waals surface area (Å²) in [5, 5.41) is 3.09. The Labute approximate surface area is 151 Å². The predicted octanol–water partition coefficient (Wildman–Crippen LogP) is 3.33. The number of aryl methyl sites for hydroxylation is 1. The second-order valence-electron chi connectivity index (χ2n) is 6.91. The Morgan fingerprint density at radius 1 is 1.20 bits per heavy atom. The fraction of sp³-hybridized carbons (Fsp3) is 0.632. The van der Waals surface area contributed by atoms with Gasteiger partial charge >= 0.3 is 0 Å². The van der Waals surface area contributed by atoms with Crippen molar-refractivity contribution in [3.05, 3.63) is 29.3 Å². The van der Waals surface area contributed by atoms with E-state index in [0.717, 1.165) is 19.3 Å². The summed E-state index contributed by atoms with van der Waals surface area (Å²) in [5.74, 6) is 0.275. The largest absolute Gasteiger partial charge is 0.349 e. The SMILES string of the molecule is CCN(CC)S(=O)(=O)c1cc(C(=O)N[C@H]2CCCC[C@H]2C)ccc1C. The summed E-state index contributed by atoms with van der Waals surface area (Å²) >= 11 is 0. The summed E-state index contributed by atoms with van der Waals surface area (Å²) < 4.78 is 27.1. The normalized spacial score (nSPS) is 21.3. The van der Waals surface area contributed by atoms with Crippen molar-refractivity contribution >= 4 is 15.9 Å². The van der Waals surface area contributed by atoms with Gasteiger partial charge in [-0.15, -0.1) is 0 Å². The quantitative estimate of drug-likeness (QED) is 0.840. The molecule has 0 aromatic heterocycles. The third-order valence-electron chi connectivity index (χ3n) is 5.20. The summed E-state index contributed by atoms with van der Waals surface area (Å²) in [6, 6.07) is 5.12. The lowest BCUT2D eigenvalue weighted by Crippen LogP contribution is -2.41. The average Bonchev–Trinajstić information content (AvgIpc) is 2.58. The number of benzene rings is 1. The van der Waals surface area contributed by atoms with Crippen LogP contribution in [0.5, 0.6) is 0 Å². The third-order valence-corrected chi connectivity index (χ3v) is 7.39. The number of rotatable bonds is 6. The van der Waals surface area contributed by atoms with Gasteiger partial charge in [0.05, 0.1) is 4.90 Å². The molecule has 2 rings (SSSR count). The Hall–Kier alpha value is -1.40. The lowest BCUT2D eigenvalue weighted by molar-refractivity contribution is 0.0910. The van der Waals surface area contributed by atoms with Gasteiger partial charge in [0.2, 0.25) is 10.0 Å². The fourth-order valence-corrected chi connectivity index (χ4v) is 5.21. The van der Waals surface area contributed by atoms with Crippen molar-refractivity contribution in [2.45, 2.75) is 64.3 Å². The van der Waals surface area contributed by atoms with Gasteiger partial charge in [-0.25, -0.2) is 8.42 Å². The minimum Gasteiger partial charge on any atom is -0.349 e. The molecule has 1 saturated carbocycles. The third kappa shape index (κ3) is 4.42. The van der Waals surface area contributed by atoms with Gasteiger partial charge < -0.3 is 5.32 Å². The van der Waals surface area contributed by atoms with Crippen LogP contribution in [0.3, 0.4) is 0 Å². The van der Waals surface area contributed by atoms with E-state index in [1.807, 2.05) is 13.8 Å². The minimum absolute atomic E-state index is 0.172. The molecule has 1 N–H and O–H groups in total. The van der Waals surface area contributed by atoms with E-state index >= 15 is 0 Å². The van der Waals surface area contributed by atoms with Crippen molar-refractivity contribution in [1.29, 1.82) is 0 Å². The van der Waals surface area contributed by atoms with E-state index in [0.29, 0.717) is 30.1 Å². The molecule has 1 aliphatic carbocycles. The fourth-order valence-electron chi connectivity index (χ4n) is 3.50. The molecule has 2 atom stereocenters. The molecule has 0 radical (unpaired) electrons. The number of nitrogens with one attached hydrogen (secondary N) is 1. The molecule has 6 heteroatoms. The van der Waals surface area contributed by atoms with Crippen LogP contribution in [-0.4, -0.2) is 37.8 Å². The zero-order valence-corrected chi connectivity index (χ0v) is 16.5. The average molecular weight is 367 g/mol. The number of nitrogens with zero attached hydrogens (tertiary/aromatic N) is 1. The molecule has 5 nitrogen and oxygen atoms in total. The molecule has 0 spiro atoms. The first-order chi connectivity index (χ1) is 11.8. The van der Waals surface area contributed by atoms with Crippen LogP contribution in [-0.2, 0) is 10.0 Å². The maximum absolute atomic E-state index is 12.8. The van der Waals surface area contributed by atoms with Crippen LogP contribution in [0.2, 0.25) is 0 Å². The van der Waals surface area contributed by atoms with E-state index in [1.54, 1.807) is 19.1 Å². The van der Waals surface area contributed by atoms with E-state index in [4.69, 9.17) is 0 Å². The molecule has 0 saturated heterocycles. The predicted molar refractivity (Wildman–Crippen MR) is 100 cm³/mol. The van der Waals surface area contributed by atoms with Crippen molar-refractivity contribution < 1.29 is 13.2 Å². The van der Waals surface area contributed by atoms with Crippen molar-refractivity contribution in [3.8, 4) is 0 Å². The van der Waals surface area contributed by atoms with Gasteiger partial charge in [-0.2, -0.15) is 4.31 Å². The summed E-state index contributed by atoms with van der Waals surface area (Å²) in [5.41, 5.74) is 1.07. The molecule has 0 unspecified atom stereocenters. The Bertz CT molecular complexity index is 711. The van der Waals surface area contributed by atoms with Crippen LogP contribution in [0.1, 0.15) is 62.4 Å². The first-order valence-corrected chi connectivity index (χ1v) is 10.7. The molecule has 1 aromatic rings. The van der Waals surface area contributed by atoms with Crippen molar-refractivity contribution in [3.63, 3.8) is 0 Å². The lowest BCUT2D eigenvalue weighted by atomic mass is 9.86. The van der Waals surface area contributed by atoms with Crippen LogP contribution in [0.15, 0.2) is 23.1 Å². The van der Waals surface area contributed by atoms with Gasteiger partial charge in [-0.1, -0.05) is 39.7 Å². The number of amides is 1. The van der Waals surface area contributed by atoms with E-state index in [2.05, 4.69) is 12.2 Å². The number of carbonyl (C=O) groups excluding carboxylic acids is 1. The molecule has 1 amide bonds. The Morgan fingerprint density at radius 2 is 1.84 bits per heavy atom. The Morgan fingerprint density at radius 3 is 2.44 bits per heavy atom. The number of hydrogen-bond acceptors (Lipinski definition) is 3. The smallest absolute Gasteiger partial charge is 0.251 e. The zero-order chi connectivity index (χ0) is 18.6. The van der Waals surface area contributed by atoms with E-state index in [-0.39, 0.29) is 16.8 Å². The van der Waals surface area contributed by atoms with Crippen LogP contribution in [0, 0.1) is 12.8 Å². The molecular weight excluding hydrogens is 336 g/mol. The van der Waals surface area contributed by atoms with E-state index < -0.39 is 10.0 Å². The highest BCUT2D eigenvalue weighted by Crippen LogP contribution is 2.25. The van der Waals surface area contributed by atoms with E-state index in [1.165, 1.54) is 16.8 Å². The van der Waals surface area contributed by atoms with Gasteiger partial charge in [-0.05, 0) is 43.4 Å². The lowest BCUT2D eigenvalue weighted by Gasteiger charge is -2.29.